The second-order valence-electron chi connectivity index (χ2n) is 3.84. The lowest BCUT2D eigenvalue weighted by Gasteiger charge is -2.25. The first-order valence-electron chi connectivity index (χ1n) is 5.12. The average molecular weight is 189 g/mol. The molecule has 1 N–H and O–H groups in total. The third-order valence-electron chi connectivity index (χ3n) is 2.75. The van der Waals surface area contributed by atoms with Gasteiger partial charge >= 0.3 is 0 Å². The molecule has 1 aromatic carbocycles. The maximum absolute atomic E-state index is 11.0. The summed E-state index contributed by atoms with van der Waals surface area (Å²) in [6.45, 7) is 1.58. The van der Waals surface area contributed by atoms with Gasteiger partial charge in [-0.15, -0.1) is 0 Å². The summed E-state index contributed by atoms with van der Waals surface area (Å²) in [6.07, 6.45) is 3.38. The van der Waals surface area contributed by atoms with E-state index in [-0.39, 0.29) is 11.9 Å². The fourth-order valence-corrected chi connectivity index (χ4v) is 2.15. The van der Waals surface area contributed by atoms with Gasteiger partial charge in [0.25, 0.3) is 0 Å². The number of fused-ring (bicyclic) bond motifs is 1. The van der Waals surface area contributed by atoms with Gasteiger partial charge in [-0.3, -0.25) is 4.79 Å². The molecule has 0 spiro atoms. The van der Waals surface area contributed by atoms with Crippen LogP contribution in [0.15, 0.2) is 24.3 Å². The molecule has 2 heteroatoms. The summed E-state index contributed by atoms with van der Waals surface area (Å²) in [5.74, 6) is 0.0618. The Balaban J connectivity index is 2.26. The van der Waals surface area contributed by atoms with Crippen molar-refractivity contribution in [3.05, 3.63) is 35.4 Å². The van der Waals surface area contributed by atoms with Crippen LogP contribution in [0.2, 0.25) is 0 Å². The molecule has 2 nitrogen and oxygen atoms in total. The fourth-order valence-electron chi connectivity index (χ4n) is 2.15. The highest BCUT2D eigenvalue weighted by atomic mass is 16.1. The number of amides is 1. The van der Waals surface area contributed by atoms with Crippen LogP contribution in [-0.2, 0) is 11.2 Å². The minimum absolute atomic E-state index is 0.0618. The monoisotopic (exact) mass is 189 g/mol. The number of rotatable bonds is 1. The first kappa shape index (κ1) is 9.25. The van der Waals surface area contributed by atoms with Gasteiger partial charge < -0.3 is 5.32 Å². The first-order valence-corrected chi connectivity index (χ1v) is 5.12. The Morgan fingerprint density at radius 2 is 2.21 bits per heavy atom. The van der Waals surface area contributed by atoms with E-state index in [2.05, 4.69) is 23.5 Å². The number of nitrogens with one attached hydrogen (secondary N) is 1. The van der Waals surface area contributed by atoms with E-state index in [0.29, 0.717) is 0 Å². The van der Waals surface area contributed by atoms with Gasteiger partial charge in [0, 0.05) is 6.92 Å². The molecule has 0 heterocycles. The molecule has 2 rings (SSSR count). The predicted molar refractivity (Wildman–Crippen MR) is 55.9 cm³/mol. The predicted octanol–water partition coefficient (Wildman–Crippen LogP) is 2.20. The molecular weight excluding hydrogens is 174 g/mol. The average Bonchev–Trinajstić information content (AvgIpc) is 2.18. The quantitative estimate of drug-likeness (QED) is 0.721. The lowest BCUT2D eigenvalue weighted by Crippen LogP contribution is -2.28. The molecule has 0 aromatic heterocycles. The van der Waals surface area contributed by atoms with E-state index in [4.69, 9.17) is 0 Å². The lowest BCUT2D eigenvalue weighted by atomic mass is 9.88. The standard InChI is InChI=1S/C12H15NO/c1-9(14)13-12-8-4-6-10-5-2-3-7-11(10)12/h2-3,5,7,12H,4,6,8H2,1H3,(H,13,14). The van der Waals surface area contributed by atoms with Gasteiger partial charge in [0.05, 0.1) is 6.04 Å². The number of carbonyl (C=O) groups excluding carboxylic acids is 1. The van der Waals surface area contributed by atoms with Gasteiger partial charge in [0.1, 0.15) is 0 Å². The third kappa shape index (κ3) is 1.79. The summed E-state index contributed by atoms with van der Waals surface area (Å²) in [6, 6.07) is 8.62. The van der Waals surface area contributed by atoms with Crippen LogP contribution in [0.5, 0.6) is 0 Å². The minimum Gasteiger partial charge on any atom is -0.350 e. The molecule has 0 saturated carbocycles. The van der Waals surface area contributed by atoms with Crippen molar-refractivity contribution in [2.24, 2.45) is 0 Å². The zero-order chi connectivity index (χ0) is 9.97. The van der Waals surface area contributed by atoms with Crippen LogP contribution in [-0.4, -0.2) is 5.91 Å². The highest BCUT2D eigenvalue weighted by Gasteiger charge is 2.19. The van der Waals surface area contributed by atoms with Crippen LogP contribution in [0.3, 0.4) is 0 Å². The van der Waals surface area contributed by atoms with E-state index in [9.17, 15) is 4.79 Å². The number of hydrogen-bond acceptors (Lipinski definition) is 1. The van der Waals surface area contributed by atoms with Crippen molar-refractivity contribution in [2.45, 2.75) is 32.2 Å². The highest BCUT2D eigenvalue weighted by Crippen LogP contribution is 2.29. The van der Waals surface area contributed by atoms with Crippen LogP contribution in [0.4, 0.5) is 0 Å². The molecule has 1 amide bonds. The largest absolute Gasteiger partial charge is 0.350 e. The van der Waals surface area contributed by atoms with Gasteiger partial charge in [-0.1, -0.05) is 24.3 Å². The molecule has 1 aliphatic rings. The number of aryl methyl sites for hydroxylation is 1. The molecule has 14 heavy (non-hydrogen) atoms. The second-order valence-corrected chi connectivity index (χ2v) is 3.84. The van der Waals surface area contributed by atoms with Crippen LogP contribution in [0.25, 0.3) is 0 Å². The van der Waals surface area contributed by atoms with Crippen LogP contribution < -0.4 is 5.32 Å². The zero-order valence-electron chi connectivity index (χ0n) is 8.42. The second kappa shape index (κ2) is 3.82. The van der Waals surface area contributed by atoms with Crippen molar-refractivity contribution < 1.29 is 4.79 Å². The molecule has 1 aliphatic carbocycles. The Bertz CT molecular complexity index is 346. The summed E-state index contributed by atoms with van der Waals surface area (Å²) in [7, 11) is 0. The first-order chi connectivity index (χ1) is 6.77. The molecule has 1 unspecified atom stereocenters. The Hall–Kier alpha value is -1.31. The minimum atomic E-state index is 0.0618. The van der Waals surface area contributed by atoms with Crippen molar-refractivity contribution in [3.8, 4) is 0 Å². The van der Waals surface area contributed by atoms with Gasteiger partial charge in [-0.25, -0.2) is 0 Å². The molecule has 74 valence electrons. The Labute approximate surface area is 84.3 Å². The van der Waals surface area contributed by atoms with E-state index in [0.717, 1.165) is 12.8 Å². The van der Waals surface area contributed by atoms with Crippen LogP contribution in [0, 0.1) is 0 Å². The summed E-state index contributed by atoms with van der Waals surface area (Å²) < 4.78 is 0. The normalized spacial score (nSPS) is 19.9. The molecule has 0 saturated heterocycles. The maximum atomic E-state index is 11.0. The topological polar surface area (TPSA) is 29.1 Å². The van der Waals surface area contributed by atoms with Crippen LogP contribution in [0.1, 0.15) is 36.9 Å². The number of benzene rings is 1. The van der Waals surface area contributed by atoms with Crippen molar-refractivity contribution >= 4 is 5.91 Å². The Morgan fingerprint density at radius 1 is 1.43 bits per heavy atom. The summed E-state index contributed by atoms with van der Waals surface area (Å²) >= 11 is 0. The summed E-state index contributed by atoms with van der Waals surface area (Å²) in [5.41, 5.74) is 2.69. The number of carbonyl (C=O) groups is 1. The highest BCUT2D eigenvalue weighted by molar-refractivity contribution is 5.73. The van der Waals surface area contributed by atoms with Gasteiger partial charge in [-0.05, 0) is 30.4 Å². The van der Waals surface area contributed by atoms with E-state index in [1.807, 2.05) is 6.07 Å². The van der Waals surface area contributed by atoms with E-state index < -0.39 is 0 Å². The van der Waals surface area contributed by atoms with E-state index >= 15 is 0 Å². The van der Waals surface area contributed by atoms with Crippen molar-refractivity contribution in [2.75, 3.05) is 0 Å². The van der Waals surface area contributed by atoms with Gasteiger partial charge in [0.15, 0.2) is 0 Å². The van der Waals surface area contributed by atoms with Crippen molar-refractivity contribution in [3.63, 3.8) is 0 Å². The molecule has 0 aliphatic heterocycles. The summed E-state index contributed by atoms with van der Waals surface area (Å²) in [5, 5.41) is 3.00. The summed E-state index contributed by atoms with van der Waals surface area (Å²) in [4.78, 5) is 11.0. The Kier molecular flexibility index (Phi) is 2.53. The molecule has 1 aromatic rings. The van der Waals surface area contributed by atoms with Crippen molar-refractivity contribution in [1.29, 1.82) is 0 Å². The zero-order valence-corrected chi connectivity index (χ0v) is 8.42. The molecule has 0 radical (unpaired) electrons. The number of hydrogen-bond donors (Lipinski definition) is 1. The van der Waals surface area contributed by atoms with Gasteiger partial charge in [-0.2, -0.15) is 0 Å². The SMILES string of the molecule is CC(=O)NC1CCCc2ccccc21. The Morgan fingerprint density at radius 3 is 3.00 bits per heavy atom. The van der Waals surface area contributed by atoms with Crippen LogP contribution >= 0.6 is 0 Å². The molecule has 0 fully saturated rings. The van der Waals surface area contributed by atoms with Crippen molar-refractivity contribution in [1.82, 2.24) is 5.32 Å². The molecule has 1 atom stereocenters. The lowest BCUT2D eigenvalue weighted by molar-refractivity contribution is -0.119. The maximum Gasteiger partial charge on any atom is 0.217 e. The van der Waals surface area contributed by atoms with E-state index in [1.165, 1.54) is 17.5 Å². The smallest absolute Gasteiger partial charge is 0.217 e. The molecule has 0 bridgehead atoms. The van der Waals surface area contributed by atoms with E-state index in [1.54, 1.807) is 6.92 Å². The molecular formula is C12H15NO. The third-order valence-corrected chi connectivity index (χ3v) is 2.75. The van der Waals surface area contributed by atoms with Gasteiger partial charge in [0.2, 0.25) is 5.91 Å². The fraction of sp³-hybridized carbons (Fsp3) is 0.417.